The largest absolute Gasteiger partial charge is 0.357 e. The third kappa shape index (κ3) is 4.22. The van der Waals surface area contributed by atoms with Crippen LogP contribution < -0.4 is 10.6 Å². The first kappa shape index (κ1) is 17.7. The average Bonchev–Trinajstić information content (AvgIpc) is 2.59. The van der Waals surface area contributed by atoms with Gasteiger partial charge in [0, 0.05) is 37.9 Å². The van der Waals surface area contributed by atoms with Crippen LogP contribution in [0.2, 0.25) is 0 Å². The van der Waals surface area contributed by atoms with E-state index in [2.05, 4.69) is 23.7 Å². The zero-order chi connectivity index (χ0) is 16.8. The van der Waals surface area contributed by atoms with E-state index >= 15 is 0 Å². The second-order valence-electron chi connectivity index (χ2n) is 6.41. The maximum absolute atomic E-state index is 12.8. The molecule has 2 N–H and O–H groups in total. The molecule has 2 unspecified atom stereocenters. The lowest BCUT2D eigenvalue weighted by Gasteiger charge is -2.38. The first-order valence-corrected chi connectivity index (χ1v) is 8.86. The summed E-state index contributed by atoms with van der Waals surface area (Å²) in [6.45, 7) is 8.97. The van der Waals surface area contributed by atoms with Gasteiger partial charge in [0.05, 0.1) is 5.56 Å². The number of anilines is 1. The molecule has 0 saturated carbocycles. The number of aromatic nitrogens is 1. The molecule has 0 aliphatic carbocycles. The van der Waals surface area contributed by atoms with E-state index in [1.165, 1.54) is 0 Å². The standard InChI is InChI=1S/C18H30N4O/c1-4-11-21(5-2)17-10-9-15(13-20-17)18(23)22-12-7-6-8-16(22)14(3)19/h9-10,13-14,16H,4-8,11-12,19H2,1-3H3. The number of carbonyl (C=O) groups excluding carboxylic acids is 1. The molecular formula is C18H30N4O. The summed E-state index contributed by atoms with van der Waals surface area (Å²) in [4.78, 5) is 21.5. The first-order valence-electron chi connectivity index (χ1n) is 8.86. The van der Waals surface area contributed by atoms with Gasteiger partial charge in [-0.2, -0.15) is 0 Å². The maximum atomic E-state index is 12.8. The highest BCUT2D eigenvalue weighted by Gasteiger charge is 2.29. The summed E-state index contributed by atoms with van der Waals surface area (Å²) in [5.41, 5.74) is 6.73. The van der Waals surface area contributed by atoms with Crippen molar-refractivity contribution in [2.45, 2.75) is 58.5 Å². The van der Waals surface area contributed by atoms with Gasteiger partial charge in [0.2, 0.25) is 0 Å². The Morgan fingerprint density at radius 3 is 2.78 bits per heavy atom. The van der Waals surface area contributed by atoms with Crippen LogP contribution in [0.15, 0.2) is 18.3 Å². The van der Waals surface area contributed by atoms with Gasteiger partial charge in [-0.05, 0) is 51.7 Å². The average molecular weight is 318 g/mol. The van der Waals surface area contributed by atoms with Gasteiger partial charge in [0.15, 0.2) is 0 Å². The number of nitrogens with zero attached hydrogens (tertiary/aromatic N) is 3. The van der Waals surface area contributed by atoms with Gasteiger partial charge in [-0.3, -0.25) is 4.79 Å². The highest BCUT2D eigenvalue weighted by molar-refractivity contribution is 5.94. The monoisotopic (exact) mass is 318 g/mol. The number of carbonyl (C=O) groups is 1. The van der Waals surface area contributed by atoms with Gasteiger partial charge in [-0.25, -0.2) is 4.98 Å². The van der Waals surface area contributed by atoms with Crippen molar-refractivity contribution in [2.24, 2.45) is 5.73 Å². The van der Waals surface area contributed by atoms with Gasteiger partial charge in [0.1, 0.15) is 5.82 Å². The summed E-state index contributed by atoms with van der Waals surface area (Å²) in [6, 6.07) is 4.00. The smallest absolute Gasteiger partial charge is 0.255 e. The molecule has 128 valence electrons. The van der Waals surface area contributed by atoms with Crippen molar-refractivity contribution in [2.75, 3.05) is 24.5 Å². The minimum absolute atomic E-state index is 0.00613. The molecule has 1 saturated heterocycles. The Kier molecular flexibility index (Phi) is 6.39. The van der Waals surface area contributed by atoms with Gasteiger partial charge < -0.3 is 15.5 Å². The number of hydrogen-bond donors (Lipinski definition) is 1. The zero-order valence-electron chi connectivity index (χ0n) is 14.7. The Labute approximate surface area is 139 Å². The molecule has 1 aliphatic rings. The highest BCUT2D eigenvalue weighted by Crippen LogP contribution is 2.22. The van der Waals surface area contributed by atoms with Crippen LogP contribution in [0.5, 0.6) is 0 Å². The third-order valence-electron chi connectivity index (χ3n) is 4.61. The fraction of sp³-hybridized carbons (Fsp3) is 0.667. The number of pyridine rings is 1. The minimum Gasteiger partial charge on any atom is -0.357 e. The topological polar surface area (TPSA) is 62.5 Å². The number of piperidine rings is 1. The van der Waals surface area contributed by atoms with Crippen LogP contribution in [0.25, 0.3) is 0 Å². The summed E-state index contributed by atoms with van der Waals surface area (Å²) in [5.74, 6) is 0.998. The summed E-state index contributed by atoms with van der Waals surface area (Å²) in [7, 11) is 0. The molecule has 1 aromatic heterocycles. The third-order valence-corrected chi connectivity index (χ3v) is 4.61. The van der Waals surface area contributed by atoms with Crippen molar-refractivity contribution in [1.29, 1.82) is 0 Å². The van der Waals surface area contributed by atoms with E-state index in [9.17, 15) is 4.79 Å². The molecule has 0 radical (unpaired) electrons. The molecule has 1 amide bonds. The van der Waals surface area contributed by atoms with Crippen molar-refractivity contribution >= 4 is 11.7 Å². The SMILES string of the molecule is CCCN(CC)c1ccc(C(=O)N2CCCCC2C(C)N)cn1. The first-order chi connectivity index (χ1) is 11.1. The van der Waals surface area contributed by atoms with Crippen LogP contribution in [0.4, 0.5) is 5.82 Å². The van der Waals surface area contributed by atoms with E-state index in [1.54, 1.807) is 6.20 Å². The van der Waals surface area contributed by atoms with Gasteiger partial charge >= 0.3 is 0 Å². The molecule has 5 nitrogen and oxygen atoms in total. The Balaban J connectivity index is 2.13. The summed E-state index contributed by atoms with van der Waals surface area (Å²) in [5, 5.41) is 0. The summed E-state index contributed by atoms with van der Waals surface area (Å²) in [6.07, 6.45) is 5.99. The fourth-order valence-electron chi connectivity index (χ4n) is 3.33. The Morgan fingerprint density at radius 1 is 1.43 bits per heavy atom. The molecule has 0 spiro atoms. The number of amides is 1. The minimum atomic E-state index is 0.00613. The molecule has 2 heterocycles. The molecule has 1 fully saturated rings. The number of hydrogen-bond acceptors (Lipinski definition) is 4. The summed E-state index contributed by atoms with van der Waals surface area (Å²) >= 11 is 0. The van der Waals surface area contributed by atoms with Crippen LogP contribution in [-0.2, 0) is 0 Å². The Hall–Kier alpha value is -1.62. The molecule has 1 aromatic rings. The van der Waals surface area contributed by atoms with Crippen molar-refractivity contribution < 1.29 is 4.79 Å². The van der Waals surface area contributed by atoms with Crippen LogP contribution in [0.3, 0.4) is 0 Å². The predicted octanol–water partition coefficient (Wildman–Crippen LogP) is 2.66. The quantitative estimate of drug-likeness (QED) is 0.876. The maximum Gasteiger partial charge on any atom is 0.255 e. The van der Waals surface area contributed by atoms with E-state index in [0.29, 0.717) is 5.56 Å². The normalized spacial score (nSPS) is 19.5. The Bertz CT molecular complexity index is 500. The van der Waals surface area contributed by atoms with Gasteiger partial charge in [-0.1, -0.05) is 6.92 Å². The van der Waals surface area contributed by atoms with Gasteiger partial charge in [-0.15, -0.1) is 0 Å². The zero-order valence-corrected chi connectivity index (χ0v) is 14.7. The van der Waals surface area contributed by atoms with Crippen molar-refractivity contribution in [3.05, 3.63) is 23.9 Å². The van der Waals surface area contributed by atoms with E-state index < -0.39 is 0 Å². The van der Waals surface area contributed by atoms with E-state index in [4.69, 9.17) is 5.73 Å². The van der Waals surface area contributed by atoms with E-state index in [1.807, 2.05) is 24.0 Å². The van der Waals surface area contributed by atoms with Crippen molar-refractivity contribution in [1.82, 2.24) is 9.88 Å². The van der Waals surface area contributed by atoms with E-state index in [-0.39, 0.29) is 18.0 Å². The molecule has 23 heavy (non-hydrogen) atoms. The van der Waals surface area contributed by atoms with E-state index in [0.717, 1.165) is 51.1 Å². The lowest BCUT2D eigenvalue weighted by molar-refractivity contribution is 0.0583. The van der Waals surface area contributed by atoms with Crippen molar-refractivity contribution in [3.63, 3.8) is 0 Å². The molecular weight excluding hydrogens is 288 g/mol. The Morgan fingerprint density at radius 2 is 2.22 bits per heavy atom. The molecule has 2 atom stereocenters. The lowest BCUT2D eigenvalue weighted by atomic mass is 9.96. The molecule has 2 rings (SSSR count). The second-order valence-corrected chi connectivity index (χ2v) is 6.41. The molecule has 0 aromatic carbocycles. The lowest BCUT2D eigenvalue weighted by Crippen LogP contribution is -2.51. The van der Waals surface area contributed by atoms with Crippen LogP contribution >= 0.6 is 0 Å². The second kappa shape index (κ2) is 8.29. The highest BCUT2D eigenvalue weighted by atomic mass is 16.2. The van der Waals surface area contributed by atoms with Crippen LogP contribution in [0, 0.1) is 0 Å². The van der Waals surface area contributed by atoms with Crippen LogP contribution in [-0.4, -0.2) is 47.5 Å². The molecule has 0 bridgehead atoms. The van der Waals surface area contributed by atoms with Gasteiger partial charge in [0.25, 0.3) is 5.91 Å². The number of nitrogens with two attached hydrogens (primary N) is 1. The number of likely N-dealkylation sites (tertiary alicyclic amines) is 1. The molecule has 1 aliphatic heterocycles. The van der Waals surface area contributed by atoms with Crippen molar-refractivity contribution in [3.8, 4) is 0 Å². The van der Waals surface area contributed by atoms with Crippen LogP contribution in [0.1, 0.15) is 56.8 Å². The molecule has 5 heteroatoms. The summed E-state index contributed by atoms with van der Waals surface area (Å²) < 4.78 is 0. The fourth-order valence-corrected chi connectivity index (χ4v) is 3.33. The predicted molar refractivity (Wildman–Crippen MR) is 94.7 cm³/mol. The number of rotatable bonds is 6.